The Morgan fingerprint density at radius 1 is 1.42 bits per heavy atom. The van der Waals surface area contributed by atoms with Crippen molar-refractivity contribution in [1.82, 2.24) is 10.3 Å². The normalized spacial score (nSPS) is 21.6. The summed E-state index contributed by atoms with van der Waals surface area (Å²) in [5.41, 5.74) is 5.44. The number of alkyl halides is 3. The van der Waals surface area contributed by atoms with E-state index in [2.05, 4.69) is 15.6 Å². The van der Waals surface area contributed by atoms with Gasteiger partial charge in [-0.3, -0.25) is 9.59 Å². The second-order valence-electron chi connectivity index (χ2n) is 6.39. The predicted molar refractivity (Wildman–Crippen MR) is 89.5 cm³/mol. The van der Waals surface area contributed by atoms with Crippen molar-refractivity contribution in [1.29, 1.82) is 0 Å². The monoisotopic (exact) mass is 370 g/mol. The van der Waals surface area contributed by atoms with Crippen molar-refractivity contribution in [3.8, 4) is 0 Å². The van der Waals surface area contributed by atoms with Crippen molar-refractivity contribution in [2.24, 2.45) is 17.6 Å². The third kappa shape index (κ3) is 5.21. The van der Waals surface area contributed by atoms with Gasteiger partial charge >= 0.3 is 6.18 Å². The average Bonchev–Trinajstić information content (AvgIpc) is 2.90. The molecule has 0 spiro atoms. The highest BCUT2D eigenvalue weighted by Crippen LogP contribution is 2.38. The van der Waals surface area contributed by atoms with E-state index in [1.54, 1.807) is 6.20 Å². The number of rotatable bonds is 7. The van der Waals surface area contributed by atoms with Gasteiger partial charge in [-0.25, -0.2) is 4.98 Å². The molecule has 1 aliphatic rings. The van der Waals surface area contributed by atoms with Crippen molar-refractivity contribution >= 4 is 18.1 Å². The highest BCUT2D eigenvalue weighted by atomic mass is 19.4. The molecule has 9 heteroatoms. The number of carbonyl (C=O) groups is 2. The summed E-state index contributed by atoms with van der Waals surface area (Å²) >= 11 is 0. The molecule has 1 saturated carbocycles. The first kappa shape index (κ1) is 19.7. The lowest BCUT2D eigenvalue weighted by Crippen LogP contribution is -2.19. The Labute approximate surface area is 149 Å². The number of allylic oxidation sites excluding steroid dienone is 1. The van der Waals surface area contributed by atoms with Gasteiger partial charge in [0.2, 0.25) is 12.3 Å². The number of primary amides is 1. The zero-order valence-corrected chi connectivity index (χ0v) is 14.3. The van der Waals surface area contributed by atoms with Crippen LogP contribution in [0.1, 0.15) is 37.4 Å². The molecule has 0 aromatic carbocycles. The number of nitrogens with zero attached hydrogens (tertiary/aromatic N) is 1. The van der Waals surface area contributed by atoms with Crippen LogP contribution in [0, 0.1) is 11.8 Å². The van der Waals surface area contributed by atoms with Crippen LogP contribution in [0.5, 0.6) is 0 Å². The van der Waals surface area contributed by atoms with Gasteiger partial charge < -0.3 is 16.4 Å². The Hall–Kier alpha value is -2.58. The molecule has 2 rings (SSSR count). The largest absolute Gasteiger partial charge is 0.416 e. The first-order valence-electron chi connectivity index (χ1n) is 8.19. The Morgan fingerprint density at radius 2 is 2.15 bits per heavy atom. The fourth-order valence-corrected chi connectivity index (χ4v) is 3.10. The van der Waals surface area contributed by atoms with E-state index >= 15 is 0 Å². The SMILES string of the molecule is CC1CC/C(=C\Nc2cc(C(F)(F)F)cc(CNC=O)n2)C1CC(N)=O. The zero-order chi connectivity index (χ0) is 19.3. The summed E-state index contributed by atoms with van der Waals surface area (Å²) < 4.78 is 39.2. The number of hydrogen-bond acceptors (Lipinski definition) is 4. The van der Waals surface area contributed by atoms with Crippen molar-refractivity contribution in [3.63, 3.8) is 0 Å². The third-order valence-corrected chi connectivity index (χ3v) is 4.45. The lowest BCUT2D eigenvalue weighted by atomic mass is 9.92. The van der Waals surface area contributed by atoms with Gasteiger partial charge in [0.1, 0.15) is 5.82 Å². The van der Waals surface area contributed by atoms with Gasteiger partial charge in [-0.2, -0.15) is 13.2 Å². The zero-order valence-electron chi connectivity index (χ0n) is 14.3. The molecule has 0 radical (unpaired) electrons. The Morgan fingerprint density at radius 3 is 2.77 bits per heavy atom. The van der Waals surface area contributed by atoms with E-state index in [4.69, 9.17) is 5.73 Å². The van der Waals surface area contributed by atoms with E-state index in [9.17, 15) is 22.8 Å². The molecule has 1 fully saturated rings. The number of amides is 2. The van der Waals surface area contributed by atoms with Gasteiger partial charge in [-0.05, 0) is 36.8 Å². The summed E-state index contributed by atoms with van der Waals surface area (Å²) in [4.78, 5) is 25.7. The lowest BCUT2D eigenvalue weighted by molar-refractivity contribution is -0.137. The second-order valence-corrected chi connectivity index (χ2v) is 6.39. The number of nitrogens with one attached hydrogen (secondary N) is 2. The predicted octanol–water partition coefficient (Wildman–Crippen LogP) is 2.56. The molecule has 1 aliphatic carbocycles. The van der Waals surface area contributed by atoms with Crippen LogP contribution in [0.2, 0.25) is 0 Å². The van der Waals surface area contributed by atoms with Crippen LogP contribution in [0.3, 0.4) is 0 Å². The van der Waals surface area contributed by atoms with Crippen LogP contribution in [0.15, 0.2) is 23.9 Å². The number of pyridine rings is 1. The molecule has 2 atom stereocenters. The van der Waals surface area contributed by atoms with Gasteiger partial charge in [0.05, 0.1) is 17.8 Å². The van der Waals surface area contributed by atoms with Gasteiger partial charge in [-0.1, -0.05) is 12.5 Å². The van der Waals surface area contributed by atoms with Crippen molar-refractivity contribution in [2.45, 2.75) is 38.9 Å². The number of carbonyl (C=O) groups excluding carboxylic acids is 2. The van der Waals surface area contributed by atoms with Crippen LogP contribution >= 0.6 is 0 Å². The van der Waals surface area contributed by atoms with E-state index < -0.39 is 17.6 Å². The molecular formula is C17H21F3N4O2. The van der Waals surface area contributed by atoms with E-state index in [1.807, 2.05) is 6.92 Å². The molecule has 6 nitrogen and oxygen atoms in total. The van der Waals surface area contributed by atoms with Gasteiger partial charge in [0, 0.05) is 12.6 Å². The average molecular weight is 370 g/mol. The van der Waals surface area contributed by atoms with E-state index in [0.29, 0.717) is 6.41 Å². The summed E-state index contributed by atoms with van der Waals surface area (Å²) in [6.45, 7) is 1.90. The summed E-state index contributed by atoms with van der Waals surface area (Å²) in [5, 5.41) is 5.10. The first-order chi connectivity index (χ1) is 12.2. The molecule has 1 heterocycles. The molecule has 1 aromatic rings. The van der Waals surface area contributed by atoms with Crippen LogP contribution in [0.25, 0.3) is 0 Å². The molecule has 2 amide bonds. The molecule has 142 valence electrons. The van der Waals surface area contributed by atoms with E-state index in [-0.39, 0.29) is 36.3 Å². The molecule has 0 saturated heterocycles. The minimum absolute atomic E-state index is 0.0207. The van der Waals surface area contributed by atoms with Crippen LogP contribution in [-0.2, 0) is 22.3 Å². The molecule has 2 unspecified atom stereocenters. The fraction of sp³-hybridized carbons (Fsp3) is 0.471. The summed E-state index contributed by atoms with van der Waals surface area (Å²) in [6, 6.07) is 1.80. The Balaban J connectivity index is 2.24. The molecule has 1 aromatic heterocycles. The standard InChI is InChI=1S/C17H21F3N4O2/c1-10-2-3-11(14(10)6-15(21)26)7-23-16-5-12(17(18,19)20)4-13(24-16)8-22-9-25/h4-5,7,9-10,14H,2-3,6,8H2,1H3,(H2,21,26)(H,22,25)(H,23,24)/b11-7+. The lowest BCUT2D eigenvalue weighted by Gasteiger charge is -2.16. The maximum atomic E-state index is 13.1. The van der Waals surface area contributed by atoms with Gasteiger partial charge in [0.25, 0.3) is 0 Å². The minimum Gasteiger partial charge on any atom is -0.370 e. The molecule has 4 N–H and O–H groups in total. The molecule has 0 aliphatic heterocycles. The van der Waals surface area contributed by atoms with Crippen molar-refractivity contribution < 1.29 is 22.8 Å². The van der Waals surface area contributed by atoms with Crippen molar-refractivity contribution in [3.05, 3.63) is 35.2 Å². The number of aromatic nitrogens is 1. The first-order valence-corrected chi connectivity index (χ1v) is 8.19. The van der Waals surface area contributed by atoms with Crippen molar-refractivity contribution in [2.75, 3.05) is 5.32 Å². The maximum absolute atomic E-state index is 13.1. The second kappa shape index (κ2) is 8.20. The quantitative estimate of drug-likeness (QED) is 0.643. The molecule has 0 bridgehead atoms. The summed E-state index contributed by atoms with van der Waals surface area (Å²) in [6.07, 6.45) is -0.694. The van der Waals surface area contributed by atoms with E-state index in [1.165, 1.54) is 0 Å². The van der Waals surface area contributed by atoms with E-state index in [0.717, 1.165) is 30.5 Å². The summed E-state index contributed by atoms with van der Waals surface area (Å²) in [7, 11) is 0. The number of hydrogen-bond donors (Lipinski definition) is 3. The van der Waals surface area contributed by atoms with Gasteiger partial charge in [0.15, 0.2) is 0 Å². The number of anilines is 1. The van der Waals surface area contributed by atoms with Gasteiger partial charge in [-0.15, -0.1) is 0 Å². The highest BCUT2D eigenvalue weighted by molar-refractivity contribution is 5.74. The maximum Gasteiger partial charge on any atom is 0.416 e. The van der Waals surface area contributed by atoms with Crippen LogP contribution in [0.4, 0.5) is 19.0 Å². The number of nitrogens with two attached hydrogens (primary N) is 1. The van der Waals surface area contributed by atoms with Crippen LogP contribution < -0.4 is 16.4 Å². The Kier molecular flexibility index (Phi) is 6.23. The highest BCUT2D eigenvalue weighted by Gasteiger charge is 2.32. The molecule has 26 heavy (non-hydrogen) atoms. The number of halogens is 3. The Bertz CT molecular complexity index is 704. The van der Waals surface area contributed by atoms with Crippen LogP contribution in [-0.4, -0.2) is 17.3 Å². The summed E-state index contributed by atoms with van der Waals surface area (Å²) in [5.74, 6) is -0.138. The minimum atomic E-state index is -4.53. The fourth-order valence-electron chi connectivity index (χ4n) is 3.10. The topological polar surface area (TPSA) is 97.1 Å². The third-order valence-electron chi connectivity index (χ3n) is 4.45. The molecular weight excluding hydrogens is 349 g/mol. The smallest absolute Gasteiger partial charge is 0.370 e.